The van der Waals surface area contributed by atoms with Gasteiger partial charge in [-0.2, -0.15) is 5.10 Å². The van der Waals surface area contributed by atoms with Gasteiger partial charge in [-0.3, -0.25) is 9.59 Å². The van der Waals surface area contributed by atoms with Crippen molar-refractivity contribution in [3.8, 4) is 11.5 Å². The molecule has 9 heteroatoms. The molecule has 0 unspecified atom stereocenters. The Morgan fingerprint density at radius 2 is 1.72 bits per heavy atom. The lowest BCUT2D eigenvalue weighted by Crippen LogP contribution is -2.20. The largest absolute Gasteiger partial charge is 0.493 e. The average molecular weight is 472 g/mol. The Hall–Kier alpha value is -3.55. The number of rotatable bonds is 8. The van der Waals surface area contributed by atoms with Crippen molar-refractivity contribution in [2.75, 3.05) is 19.0 Å². The number of carbonyl (C=O) groups excluding carboxylic acids is 2. The summed E-state index contributed by atoms with van der Waals surface area (Å²) in [5.74, 6) is -0.247. The molecular formula is C23H19Cl2N3O4. The molecule has 0 heterocycles. The number of anilines is 1. The summed E-state index contributed by atoms with van der Waals surface area (Å²) in [7, 11) is 1.44. The minimum Gasteiger partial charge on any atom is -0.493 e. The first-order valence-electron chi connectivity index (χ1n) is 9.41. The predicted molar refractivity (Wildman–Crippen MR) is 125 cm³/mol. The van der Waals surface area contributed by atoms with Crippen molar-refractivity contribution in [3.63, 3.8) is 0 Å². The lowest BCUT2D eigenvalue weighted by Gasteiger charge is -2.13. The van der Waals surface area contributed by atoms with Crippen LogP contribution in [0.25, 0.3) is 0 Å². The molecule has 0 aliphatic heterocycles. The number of nitrogens with one attached hydrogen (secondary N) is 2. The highest BCUT2D eigenvalue weighted by Crippen LogP contribution is 2.36. The summed E-state index contributed by atoms with van der Waals surface area (Å²) in [6.07, 6.45) is 1.42. The van der Waals surface area contributed by atoms with Crippen LogP contribution in [0.1, 0.15) is 15.9 Å². The lowest BCUT2D eigenvalue weighted by molar-refractivity contribution is -0.118. The lowest BCUT2D eigenvalue weighted by atomic mass is 10.2. The van der Waals surface area contributed by atoms with Crippen LogP contribution < -0.4 is 20.2 Å². The summed E-state index contributed by atoms with van der Waals surface area (Å²) in [5.41, 5.74) is 3.96. The molecule has 0 aliphatic carbocycles. The molecule has 0 atom stereocenters. The van der Waals surface area contributed by atoms with E-state index in [1.165, 1.54) is 13.3 Å². The Morgan fingerprint density at radius 1 is 1.00 bits per heavy atom. The van der Waals surface area contributed by atoms with E-state index in [0.29, 0.717) is 27.6 Å². The number of hydrogen-bond acceptors (Lipinski definition) is 5. The minimum atomic E-state index is -0.412. The van der Waals surface area contributed by atoms with Gasteiger partial charge in [-0.1, -0.05) is 53.5 Å². The molecule has 164 valence electrons. The van der Waals surface area contributed by atoms with Gasteiger partial charge in [-0.15, -0.1) is 0 Å². The van der Waals surface area contributed by atoms with Crippen molar-refractivity contribution < 1.29 is 19.1 Å². The number of amides is 2. The van der Waals surface area contributed by atoms with Gasteiger partial charge in [-0.25, -0.2) is 5.43 Å². The Labute approximate surface area is 194 Å². The van der Waals surface area contributed by atoms with Crippen molar-refractivity contribution in [2.45, 2.75) is 0 Å². The summed E-state index contributed by atoms with van der Waals surface area (Å²) in [5, 5.41) is 7.23. The van der Waals surface area contributed by atoms with E-state index in [4.69, 9.17) is 32.7 Å². The van der Waals surface area contributed by atoms with E-state index >= 15 is 0 Å². The van der Waals surface area contributed by atoms with Crippen LogP contribution in [0.4, 0.5) is 5.69 Å². The molecule has 2 amide bonds. The predicted octanol–water partition coefficient (Wildman–Crippen LogP) is 4.78. The monoisotopic (exact) mass is 471 g/mol. The van der Waals surface area contributed by atoms with Gasteiger partial charge in [0.05, 0.1) is 29.1 Å². The van der Waals surface area contributed by atoms with E-state index in [1.807, 2.05) is 6.07 Å². The normalized spacial score (nSPS) is 10.6. The maximum Gasteiger partial charge on any atom is 0.271 e. The molecule has 0 saturated heterocycles. The van der Waals surface area contributed by atoms with E-state index in [-0.39, 0.29) is 23.3 Å². The standard InChI is InChI=1S/C23H19Cl2N3O4/c1-31-20-12-15(13-26-28-23(30)16-7-3-2-4-8-16)11-18(25)22(20)32-14-21(29)27-19-10-6-5-9-17(19)24/h2-13H,14H2,1H3,(H,27,29)(H,28,30)/b26-13+. The molecule has 0 aliphatic rings. The van der Waals surface area contributed by atoms with E-state index in [2.05, 4.69) is 15.8 Å². The van der Waals surface area contributed by atoms with E-state index < -0.39 is 5.91 Å². The van der Waals surface area contributed by atoms with Crippen molar-refractivity contribution in [3.05, 3.63) is 87.9 Å². The van der Waals surface area contributed by atoms with E-state index in [1.54, 1.807) is 60.7 Å². The third kappa shape index (κ3) is 6.23. The molecule has 0 fully saturated rings. The fourth-order valence-corrected chi connectivity index (χ4v) is 3.12. The summed E-state index contributed by atoms with van der Waals surface area (Å²) in [6, 6.07) is 18.7. The van der Waals surface area contributed by atoms with Gasteiger partial charge < -0.3 is 14.8 Å². The molecule has 2 N–H and O–H groups in total. The van der Waals surface area contributed by atoms with Gasteiger partial charge in [-0.05, 0) is 42.0 Å². The fourth-order valence-electron chi connectivity index (χ4n) is 2.66. The zero-order valence-electron chi connectivity index (χ0n) is 17.0. The van der Waals surface area contributed by atoms with E-state index in [9.17, 15) is 9.59 Å². The number of para-hydroxylation sites is 1. The first kappa shape index (κ1) is 23.1. The second kappa shape index (κ2) is 11.2. The number of carbonyl (C=O) groups is 2. The van der Waals surface area contributed by atoms with Crippen LogP contribution in [0.5, 0.6) is 11.5 Å². The number of hydrazone groups is 1. The second-order valence-electron chi connectivity index (χ2n) is 6.42. The molecular weight excluding hydrogens is 453 g/mol. The fraction of sp³-hybridized carbons (Fsp3) is 0.0870. The molecule has 3 rings (SSSR count). The minimum absolute atomic E-state index is 0.203. The topological polar surface area (TPSA) is 89.0 Å². The van der Waals surface area contributed by atoms with Gasteiger partial charge >= 0.3 is 0 Å². The van der Waals surface area contributed by atoms with Crippen LogP contribution in [0.2, 0.25) is 10.0 Å². The summed E-state index contributed by atoms with van der Waals surface area (Å²) < 4.78 is 10.9. The zero-order chi connectivity index (χ0) is 22.9. The Kier molecular flexibility index (Phi) is 8.08. The van der Waals surface area contributed by atoms with Gasteiger partial charge in [0.2, 0.25) is 0 Å². The highest BCUT2D eigenvalue weighted by atomic mass is 35.5. The molecule has 3 aromatic carbocycles. The van der Waals surface area contributed by atoms with E-state index in [0.717, 1.165) is 0 Å². The maximum absolute atomic E-state index is 12.2. The van der Waals surface area contributed by atoms with Crippen molar-refractivity contribution in [1.82, 2.24) is 5.43 Å². The SMILES string of the molecule is COc1cc(/C=N/NC(=O)c2ccccc2)cc(Cl)c1OCC(=O)Nc1ccccc1Cl. The van der Waals surface area contributed by atoms with Crippen molar-refractivity contribution in [1.29, 1.82) is 0 Å². The van der Waals surface area contributed by atoms with Gasteiger partial charge in [0.15, 0.2) is 18.1 Å². The number of benzene rings is 3. The number of ether oxygens (including phenoxy) is 2. The summed E-state index contributed by atoms with van der Waals surface area (Å²) >= 11 is 12.3. The number of hydrogen-bond donors (Lipinski definition) is 2. The van der Waals surface area contributed by atoms with Crippen LogP contribution in [0.15, 0.2) is 71.8 Å². The van der Waals surface area contributed by atoms with Gasteiger partial charge in [0, 0.05) is 5.56 Å². The molecule has 0 saturated carbocycles. The van der Waals surface area contributed by atoms with Crippen LogP contribution in [0.3, 0.4) is 0 Å². The summed E-state index contributed by atoms with van der Waals surface area (Å²) in [4.78, 5) is 24.2. The van der Waals surface area contributed by atoms with Gasteiger partial charge in [0.25, 0.3) is 11.8 Å². The molecule has 0 aromatic heterocycles. The smallest absolute Gasteiger partial charge is 0.271 e. The molecule has 0 bridgehead atoms. The highest BCUT2D eigenvalue weighted by Gasteiger charge is 2.14. The highest BCUT2D eigenvalue weighted by molar-refractivity contribution is 6.33. The Balaban J connectivity index is 1.63. The number of nitrogens with zero attached hydrogens (tertiary/aromatic N) is 1. The first-order valence-corrected chi connectivity index (χ1v) is 10.2. The molecule has 32 heavy (non-hydrogen) atoms. The summed E-state index contributed by atoms with van der Waals surface area (Å²) in [6.45, 7) is -0.304. The third-order valence-electron chi connectivity index (χ3n) is 4.16. The number of methoxy groups -OCH3 is 1. The quantitative estimate of drug-likeness (QED) is 0.365. The van der Waals surface area contributed by atoms with Crippen molar-refractivity contribution >= 4 is 46.9 Å². The molecule has 0 spiro atoms. The van der Waals surface area contributed by atoms with Crippen LogP contribution in [0, 0.1) is 0 Å². The number of halogens is 2. The first-order chi connectivity index (χ1) is 15.5. The maximum atomic E-state index is 12.2. The second-order valence-corrected chi connectivity index (χ2v) is 7.23. The third-order valence-corrected chi connectivity index (χ3v) is 4.77. The van der Waals surface area contributed by atoms with Gasteiger partial charge in [0.1, 0.15) is 0 Å². The molecule has 0 radical (unpaired) electrons. The zero-order valence-corrected chi connectivity index (χ0v) is 18.5. The molecule has 3 aromatic rings. The Morgan fingerprint density at radius 3 is 2.44 bits per heavy atom. The average Bonchev–Trinajstić information content (AvgIpc) is 2.80. The van der Waals surface area contributed by atoms with Crippen LogP contribution >= 0.6 is 23.2 Å². The van der Waals surface area contributed by atoms with Crippen LogP contribution in [-0.2, 0) is 4.79 Å². The van der Waals surface area contributed by atoms with Crippen LogP contribution in [-0.4, -0.2) is 31.7 Å². The van der Waals surface area contributed by atoms with Crippen molar-refractivity contribution in [2.24, 2.45) is 5.10 Å². The Bertz CT molecular complexity index is 1140. The molecule has 7 nitrogen and oxygen atoms in total.